The molecule has 0 saturated heterocycles. The molecule has 0 amide bonds. The van der Waals surface area contributed by atoms with Gasteiger partial charge < -0.3 is 14.9 Å². The van der Waals surface area contributed by atoms with E-state index in [0.29, 0.717) is 5.75 Å². The van der Waals surface area contributed by atoms with Crippen molar-refractivity contribution in [3.8, 4) is 17.2 Å². The summed E-state index contributed by atoms with van der Waals surface area (Å²) in [5.74, 6) is 0.954. The van der Waals surface area contributed by atoms with E-state index in [4.69, 9.17) is 4.74 Å². The molecule has 0 spiro atoms. The van der Waals surface area contributed by atoms with Gasteiger partial charge in [0, 0.05) is 5.56 Å². The SMILES string of the molecule is COc1cccc(/C=C/CCC/C=C/c2ccc(O)cc2)c1O. The third kappa shape index (κ3) is 5.22. The van der Waals surface area contributed by atoms with Crippen LogP contribution >= 0.6 is 0 Å². The molecule has 2 aromatic rings. The number of ether oxygens (including phenoxy) is 1. The molecule has 3 nitrogen and oxygen atoms in total. The van der Waals surface area contributed by atoms with Crippen molar-refractivity contribution in [2.24, 2.45) is 0 Å². The summed E-state index contributed by atoms with van der Waals surface area (Å²) in [7, 11) is 1.54. The Bertz CT molecular complexity index is 670. The Morgan fingerprint density at radius 2 is 1.61 bits per heavy atom. The number of rotatable bonds is 7. The average Bonchev–Trinajstić information content (AvgIpc) is 2.57. The van der Waals surface area contributed by atoms with Gasteiger partial charge >= 0.3 is 0 Å². The topological polar surface area (TPSA) is 49.7 Å². The molecule has 2 N–H and O–H groups in total. The van der Waals surface area contributed by atoms with Crippen molar-refractivity contribution in [1.29, 1.82) is 0 Å². The van der Waals surface area contributed by atoms with Crippen LogP contribution in [0.1, 0.15) is 30.4 Å². The smallest absolute Gasteiger partial charge is 0.165 e. The number of phenolic OH excluding ortho intramolecular Hbond substituents is 2. The van der Waals surface area contributed by atoms with Gasteiger partial charge in [0.2, 0.25) is 0 Å². The normalized spacial score (nSPS) is 11.3. The summed E-state index contributed by atoms with van der Waals surface area (Å²) in [5, 5.41) is 19.2. The summed E-state index contributed by atoms with van der Waals surface area (Å²) in [4.78, 5) is 0. The van der Waals surface area contributed by atoms with Gasteiger partial charge in [-0.15, -0.1) is 0 Å². The van der Waals surface area contributed by atoms with E-state index < -0.39 is 0 Å². The van der Waals surface area contributed by atoms with Gasteiger partial charge in [0.25, 0.3) is 0 Å². The fourth-order valence-electron chi connectivity index (χ4n) is 2.21. The molecule has 0 aliphatic carbocycles. The number of allylic oxidation sites excluding steroid dienone is 2. The summed E-state index contributed by atoms with van der Waals surface area (Å²) >= 11 is 0. The van der Waals surface area contributed by atoms with Crippen molar-refractivity contribution >= 4 is 12.2 Å². The van der Waals surface area contributed by atoms with Crippen LogP contribution in [-0.2, 0) is 0 Å². The fraction of sp³-hybridized carbons (Fsp3) is 0.200. The highest BCUT2D eigenvalue weighted by molar-refractivity contribution is 5.61. The van der Waals surface area contributed by atoms with E-state index in [1.165, 1.54) is 0 Å². The van der Waals surface area contributed by atoms with Crippen LogP contribution in [0.5, 0.6) is 17.2 Å². The molecule has 0 fully saturated rings. The van der Waals surface area contributed by atoms with E-state index in [1.54, 1.807) is 25.3 Å². The largest absolute Gasteiger partial charge is 0.508 e. The molecule has 3 heteroatoms. The van der Waals surface area contributed by atoms with Gasteiger partial charge in [-0.3, -0.25) is 0 Å². The molecule has 0 unspecified atom stereocenters. The van der Waals surface area contributed by atoms with Gasteiger partial charge in [0.05, 0.1) is 7.11 Å². The minimum atomic E-state index is 0.179. The van der Waals surface area contributed by atoms with Crippen LogP contribution in [0.3, 0.4) is 0 Å². The van der Waals surface area contributed by atoms with Crippen molar-refractivity contribution in [3.05, 3.63) is 65.7 Å². The molecule has 0 bridgehead atoms. The second-order valence-electron chi connectivity index (χ2n) is 5.23. The average molecular weight is 310 g/mol. The van der Waals surface area contributed by atoms with Crippen molar-refractivity contribution in [2.45, 2.75) is 19.3 Å². The molecule has 0 radical (unpaired) electrons. The van der Waals surface area contributed by atoms with Crippen molar-refractivity contribution < 1.29 is 14.9 Å². The Morgan fingerprint density at radius 1 is 0.913 bits per heavy atom. The van der Waals surface area contributed by atoms with Crippen LogP contribution < -0.4 is 4.74 Å². The van der Waals surface area contributed by atoms with Crippen LogP contribution in [0, 0.1) is 0 Å². The first-order chi connectivity index (χ1) is 11.2. The zero-order valence-corrected chi connectivity index (χ0v) is 13.3. The van der Waals surface area contributed by atoms with Gasteiger partial charge in [-0.2, -0.15) is 0 Å². The Balaban J connectivity index is 1.76. The molecule has 0 heterocycles. The predicted molar refractivity (Wildman–Crippen MR) is 94.7 cm³/mol. The lowest BCUT2D eigenvalue weighted by atomic mass is 10.1. The first-order valence-corrected chi connectivity index (χ1v) is 7.69. The number of methoxy groups -OCH3 is 1. The molecule has 2 rings (SSSR count). The second kappa shape index (κ2) is 8.69. The Kier molecular flexibility index (Phi) is 6.30. The van der Waals surface area contributed by atoms with Crippen LogP contribution in [0.4, 0.5) is 0 Å². The number of benzene rings is 2. The summed E-state index contributed by atoms with van der Waals surface area (Å²) in [6.45, 7) is 0. The zero-order chi connectivity index (χ0) is 16.5. The maximum absolute atomic E-state index is 9.97. The first kappa shape index (κ1) is 16.7. The number of hydrogen-bond donors (Lipinski definition) is 2. The second-order valence-corrected chi connectivity index (χ2v) is 5.23. The molecule has 0 saturated carbocycles. The van der Waals surface area contributed by atoms with E-state index in [0.717, 1.165) is 30.4 Å². The Hall–Kier alpha value is -2.68. The van der Waals surface area contributed by atoms with Gasteiger partial charge in [-0.05, 0) is 43.0 Å². The summed E-state index contributed by atoms with van der Waals surface area (Å²) < 4.78 is 5.09. The Morgan fingerprint density at radius 3 is 2.30 bits per heavy atom. The third-order valence-electron chi connectivity index (χ3n) is 3.49. The molecule has 23 heavy (non-hydrogen) atoms. The number of hydrogen-bond acceptors (Lipinski definition) is 3. The van der Waals surface area contributed by atoms with E-state index in [1.807, 2.05) is 30.3 Å². The highest BCUT2D eigenvalue weighted by Crippen LogP contribution is 2.30. The van der Waals surface area contributed by atoms with Crippen molar-refractivity contribution in [3.63, 3.8) is 0 Å². The van der Waals surface area contributed by atoms with Crippen molar-refractivity contribution in [1.82, 2.24) is 0 Å². The summed E-state index contributed by atoms with van der Waals surface area (Å²) in [6, 6.07) is 12.6. The van der Waals surface area contributed by atoms with Crippen molar-refractivity contribution in [2.75, 3.05) is 7.11 Å². The Labute approximate surface area is 137 Å². The molecule has 0 aliphatic rings. The maximum atomic E-state index is 9.97. The number of para-hydroxylation sites is 1. The maximum Gasteiger partial charge on any atom is 0.165 e. The van der Waals surface area contributed by atoms with Crippen LogP contribution in [0.15, 0.2) is 54.6 Å². The molecule has 0 atom stereocenters. The number of phenols is 2. The minimum absolute atomic E-state index is 0.179. The van der Waals surface area contributed by atoms with Gasteiger partial charge in [0.15, 0.2) is 11.5 Å². The lowest BCUT2D eigenvalue weighted by Gasteiger charge is -2.05. The molecule has 0 aliphatic heterocycles. The molecule has 120 valence electrons. The predicted octanol–water partition coefficient (Wildman–Crippen LogP) is 5.00. The quantitative estimate of drug-likeness (QED) is 0.707. The highest BCUT2D eigenvalue weighted by Gasteiger charge is 2.03. The van der Waals surface area contributed by atoms with E-state index in [9.17, 15) is 10.2 Å². The minimum Gasteiger partial charge on any atom is -0.508 e. The highest BCUT2D eigenvalue weighted by atomic mass is 16.5. The van der Waals surface area contributed by atoms with Gasteiger partial charge in [0.1, 0.15) is 5.75 Å². The zero-order valence-electron chi connectivity index (χ0n) is 13.3. The summed E-state index contributed by atoms with van der Waals surface area (Å²) in [6.07, 6.45) is 11.1. The molecule has 0 aromatic heterocycles. The van der Waals surface area contributed by atoms with E-state index in [-0.39, 0.29) is 11.5 Å². The summed E-state index contributed by atoms with van der Waals surface area (Å²) in [5.41, 5.74) is 1.85. The van der Waals surface area contributed by atoms with Crippen LogP contribution in [0.25, 0.3) is 12.2 Å². The van der Waals surface area contributed by atoms with Gasteiger partial charge in [-0.25, -0.2) is 0 Å². The lowest BCUT2D eigenvalue weighted by Crippen LogP contribution is -1.84. The fourth-order valence-corrected chi connectivity index (χ4v) is 2.21. The molecular weight excluding hydrogens is 288 g/mol. The monoisotopic (exact) mass is 310 g/mol. The number of unbranched alkanes of at least 4 members (excludes halogenated alkanes) is 2. The first-order valence-electron chi connectivity index (χ1n) is 7.69. The third-order valence-corrected chi connectivity index (χ3v) is 3.49. The number of aromatic hydroxyl groups is 2. The molecular formula is C20H22O3. The van der Waals surface area contributed by atoms with Crippen LogP contribution in [-0.4, -0.2) is 17.3 Å². The van der Waals surface area contributed by atoms with E-state index in [2.05, 4.69) is 18.2 Å². The standard InChI is InChI=1S/C20H22O3/c1-23-19-11-7-10-17(20(19)22)9-6-4-2-3-5-8-16-12-14-18(21)15-13-16/h5-15,21-22H,2-4H2,1H3/b8-5+,9-6+. The van der Waals surface area contributed by atoms with E-state index >= 15 is 0 Å². The molecule has 2 aromatic carbocycles. The lowest BCUT2D eigenvalue weighted by molar-refractivity contribution is 0.373. The van der Waals surface area contributed by atoms with Gasteiger partial charge in [-0.1, -0.05) is 48.6 Å². The van der Waals surface area contributed by atoms with Crippen LogP contribution in [0.2, 0.25) is 0 Å².